The van der Waals surface area contributed by atoms with Crippen LogP contribution in [0.1, 0.15) is 11.5 Å². The number of amides is 2. The number of imide groups is 1. The Morgan fingerprint density at radius 2 is 1.71 bits per heavy atom. The van der Waals surface area contributed by atoms with Gasteiger partial charge in [-0.3, -0.25) is 14.9 Å². The minimum Gasteiger partial charge on any atom is -0.295 e. The minimum absolute atomic E-state index is 0.233. The van der Waals surface area contributed by atoms with E-state index in [1.54, 1.807) is 0 Å². The van der Waals surface area contributed by atoms with Gasteiger partial charge in [0, 0.05) is 0 Å². The fourth-order valence-corrected chi connectivity index (χ4v) is 2.19. The van der Waals surface area contributed by atoms with E-state index in [4.69, 9.17) is 0 Å². The van der Waals surface area contributed by atoms with Crippen molar-refractivity contribution in [1.29, 1.82) is 0 Å². The normalized spacial score (nSPS) is 26.4. The highest BCUT2D eigenvalue weighted by Gasteiger charge is 2.40. The lowest BCUT2D eigenvalue weighted by molar-refractivity contribution is -0.125. The van der Waals surface area contributed by atoms with Gasteiger partial charge in [-0.2, -0.15) is 0 Å². The van der Waals surface area contributed by atoms with Crippen molar-refractivity contribution in [2.45, 2.75) is 10.7 Å². The van der Waals surface area contributed by atoms with Gasteiger partial charge in [0.2, 0.25) is 11.8 Å². The molecule has 1 aliphatic rings. The number of carbonyl (C=O) groups excluding carboxylic acids is 2. The maximum Gasteiger partial charge on any atom is 0.241 e. The Balaban J connectivity index is 2.36. The first kappa shape index (κ1) is 9.40. The zero-order valence-electron chi connectivity index (χ0n) is 7.24. The van der Waals surface area contributed by atoms with E-state index in [0.717, 1.165) is 5.56 Å². The van der Waals surface area contributed by atoms with Gasteiger partial charge in [0.25, 0.3) is 0 Å². The number of nitrogens with one attached hydrogen (secondary N) is 1. The van der Waals surface area contributed by atoms with E-state index in [9.17, 15) is 9.59 Å². The summed E-state index contributed by atoms with van der Waals surface area (Å²) >= 11 is 3.21. The van der Waals surface area contributed by atoms with Gasteiger partial charge in [-0.1, -0.05) is 46.3 Å². The lowest BCUT2D eigenvalue weighted by Crippen LogP contribution is -2.22. The molecule has 1 saturated heterocycles. The van der Waals surface area contributed by atoms with Gasteiger partial charge in [0.15, 0.2) is 0 Å². The number of hydrogen-bond acceptors (Lipinski definition) is 2. The molecule has 72 valence electrons. The van der Waals surface area contributed by atoms with E-state index >= 15 is 0 Å². The molecular formula is C10H8BrNO2. The zero-order chi connectivity index (χ0) is 10.1. The van der Waals surface area contributed by atoms with Gasteiger partial charge in [-0.25, -0.2) is 0 Å². The van der Waals surface area contributed by atoms with Crippen LogP contribution < -0.4 is 5.32 Å². The average molecular weight is 254 g/mol. The van der Waals surface area contributed by atoms with Crippen LogP contribution in [0.15, 0.2) is 30.3 Å². The second-order valence-corrected chi connectivity index (χ2v) is 4.13. The monoisotopic (exact) mass is 253 g/mol. The van der Waals surface area contributed by atoms with E-state index in [-0.39, 0.29) is 11.8 Å². The second-order valence-electron chi connectivity index (χ2n) is 3.14. The fraction of sp³-hybridized carbons (Fsp3) is 0.200. The summed E-state index contributed by atoms with van der Waals surface area (Å²) in [6.45, 7) is 0. The Bertz CT molecular complexity index is 377. The fourth-order valence-electron chi connectivity index (χ4n) is 1.53. The summed E-state index contributed by atoms with van der Waals surface area (Å²) in [5, 5.41) is 2.29. The van der Waals surface area contributed by atoms with Crippen molar-refractivity contribution < 1.29 is 9.59 Å². The molecule has 4 heteroatoms. The quantitative estimate of drug-likeness (QED) is 0.604. The third-order valence-electron chi connectivity index (χ3n) is 2.23. The van der Waals surface area contributed by atoms with Gasteiger partial charge in [0.05, 0.1) is 5.92 Å². The van der Waals surface area contributed by atoms with Crippen LogP contribution >= 0.6 is 15.9 Å². The summed E-state index contributed by atoms with van der Waals surface area (Å²) in [6.07, 6.45) is 0. The molecule has 0 aliphatic carbocycles. The number of halogens is 1. The van der Waals surface area contributed by atoms with Gasteiger partial charge in [-0.15, -0.1) is 0 Å². The molecule has 14 heavy (non-hydrogen) atoms. The van der Waals surface area contributed by atoms with Gasteiger partial charge in [-0.05, 0) is 5.56 Å². The third-order valence-corrected chi connectivity index (χ3v) is 3.18. The standard InChI is InChI=1S/C10H8BrNO2/c11-8-7(9(13)12-10(8)14)6-4-2-1-3-5-6/h1-5,7-8H,(H,12,13,14)/t7-,8+/m0/s1. The molecule has 1 heterocycles. The highest BCUT2D eigenvalue weighted by atomic mass is 79.9. The number of alkyl halides is 1. The lowest BCUT2D eigenvalue weighted by atomic mass is 9.98. The molecule has 1 N–H and O–H groups in total. The minimum atomic E-state index is -0.447. The summed E-state index contributed by atoms with van der Waals surface area (Å²) in [7, 11) is 0. The largest absolute Gasteiger partial charge is 0.295 e. The summed E-state index contributed by atoms with van der Waals surface area (Å²) in [5.74, 6) is -0.893. The van der Waals surface area contributed by atoms with Crippen LogP contribution in [0.3, 0.4) is 0 Å². The molecular weight excluding hydrogens is 246 g/mol. The molecule has 1 fully saturated rings. The topological polar surface area (TPSA) is 46.2 Å². The summed E-state index contributed by atoms with van der Waals surface area (Å²) < 4.78 is 0. The van der Waals surface area contributed by atoms with Gasteiger partial charge < -0.3 is 0 Å². The molecule has 2 rings (SSSR count). The first-order chi connectivity index (χ1) is 6.70. The summed E-state index contributed by atoms with van der Waals surface area (Å²) in [5.41, 5.74) is 0.859. The van der Waals surface area contributed by atoms with Crippen LogP contribution in [0.4, 0.5) is 0 Å². The van der Waals surface area contributed by atoms with Crippen LogP contribution in [0.2, 0.25) is 0 Å². The van der Waals surface area contributed by atoms with Crippen molar-refractivity contribution in [1.82, 2.24) is 5.32 Å². The molecule has 2 amide bonds. The second kappa shape index (κ2) is 3.53. The highest BCUT2D eigenvalue weighted by molar-refractivity contribution is 9.10. The predicted molar refractivity (Wildman–Crippen MR) is 55.0 cm³/mol. The van der Waals surface area contributed by atoms with Crippen molar-refractivity contribution in [2.24, 2.45) is 0 Å². The first-order valence-electron chi connectivity index (χ1n) is 4.24. The Morgan fingerprint density at radius 1 is 1.07 bits per heavy atom. The average Bonchev–Trinajstić information content (AvgIpc) is 2.43. The van der Waals surface area contributed by atoms with Crippen molar-refractivity contribution in [3.8, 4) is 0 Å². The molecule has 1 aliphatic heterocycles. The van der Waals surface area contributed by atoms with Crippen molar-refractivity contribution >= 4 is 27.7 Å². The van der Waals surface area contributed by atoms with Crippen LogP contribution in [0.5, 0.6) is 0 Å². The Kier molecular flexibility index (Phi) is 2.37. The molecule has 0 bridgehead atoms. The Labute approximate surface area is 89.6 Å². The van der Waals surface area contributed by atoms with E-state index < -0.39 is 10.7 Å². The van der Waals surface area contributed by atoms with Crippen molar-refractivity contribution in [3.05, 3.63) is 35.9 Å². The van der Waals surface area contributed by atoms with E-state index in [2.05, 4.69) is 21.2 Å². The first-order valence-corrected chi connectivity index (χ1v) is 5.15. The van der Waals surface area contributed by atoms with Crippen molar-refractivity contribution in [3.63, 3.8) is 0 Å². The van der Waals surface area contributed by atoms with E-state index in [1.807, 2.05) is 30.3 Å². The molecule has 3 nitrogen and oxygen atoms in total. The SMILES string of the molecule is O=C1NC(=O)[C@@H](c2ccccc2)[C@H]1Br. The molecule has 0 radical (unpaired) electrons. The van der Waals surface area contributed by atoms with E-state index in [0.29, 0.717) is 0 Å². The maximum atomic E-state index is 11.4. The maximum absolute atomic E-state index is 11.4. The number of benzene rings is 1. The zero-order valence-corrected chi connectivity index (χ0v) is 8.82. The molecule has 1 aromatic carbocycles. The molecule has 1 aromatic rings. The van der Waals surface area contributed by atoms with E-state index in [1.165, 1.54) is 0 Å². The molecule has 0 spiro atoms. The van der Waals surface area contributed by atoms with Crippen LogP contribution in [-0.2, 0) is 9.59 Å². The molecule has 0 aromatic heterocycles. The molecule has 0 saturated carbocycles. The number of carbonyl (C=O) groups is 2. The number of hydrogen-bond donors (Lipinski definition) is 1. The highest BCUT2D eigenvalue weighted by Crippen LogP contribution is 2.29. The van der Waals surface area contributed by atoms with Gasteiger partial charge in [0.1, 0.15) is 4.83 Å². The molecule has 2 atom stereocenters. The Morgan fingerprint density at radius 3 is 2.21 bits per heavy atom. The molecule has 0 unspecified atom stereocenters. The summed E-state index contributed by atoms with van der Waals surface area (Å²) in [6, 6.07) is 9.27. The van der Waals surface area contributed by atoms with Gasteiger partial charge >= 0.3 is 0 Å². The lowest BCUT2D eigenvalue weighted by Gasteiger charge is -2.08. The van der Waals surface area contributed by atoms with Crippen LogP contribution in [-0.4, -0.2) is 16.6 Å². The summed E-state index contributed by atoms with van der Waals surface area (Å²) in [4.78, 5) is 22.2. The smallest absolute Gasteiger partial charge is 0.241 e. The van der Waals surface area contributed by atoms with Crippen LogP contribution in [0, 0.1) is 0 Å². The number of rotatable bonds is 1. The Hall–Kier alpha value is -1.16. The van der Waals surface area contributed by atoms with Crippen LogP contribution in [0.25, 0.3) is 0 Å². The van der Waals surface area contributed by atoms with Crippen molar-refractivity contribution in [2.75, 3.05) is 0 Å². The third kappa shape index (κ3) is 1.46. The predicted octanol–water partition coefficient (Wildman–Crippen LogP) is 1.19.